The summed E-state index contributed by atoms with van der Waals surface area (Å²) >= 11 is 1.46. The molecule has 0 saturated carbocycles. The number of aromatic nitrogens is 1. The number of anilines is 1. The number of carbonyl (C=O) groups excluding carboxylic acids is 1. The molecule has 1 aromatic heterocycles. The lowest BCUT2D eigenvalue weighted by Gasteiger charge is -2.10. The molecule has 0 atom stereocenters. The van der Waals surface area contributed by atoms with Gasteiger partial charge in [-0.05, 0) is 19.4 Å². The average Bonchev–Trinajstić information content (AvgIpc) is 2.68. The topological polar surface area (TPSA) is 68.0 Å². The van der Waals surface area contributed by atoms with E-state index < -0.39 is 0 Å². The van der Waals surface area contributed by atoms with Crippen LogP contribution < -0.4 is 11.1 Å². The molecule has 1 amide bonds. The molecule has 1 heterocycles. The molecule has 0 radical (unpaired) electrons. The minimum Gasteiger partial charge on any atom is -0.330 e. The molecule has 0 aliphatic rings. The summed E-state index contributed by atoms with van der Waals surface area (Å²) < 4.78 is 0. The fraction of sp³-hybridized carbons (Fsp3) is 0.636. The zero-order valence-electron chi connectivity index (χ0n) is 9.82. The van der Waals surface area contributed by atoms with Crippen LogP contribution in [-0.2, 0) is 11.2 Å². The van der Waals surface area contributed by atoms with E-state index in [1.165, 1.54) is 11.3 Å². The summed E-state index contributed by atoms with van der Waals surface area (Å²) in [6.45, 7) is 4.63. The number of nitrogens with one attached hydrogen (secondary N) is 1. The Labute approximate surface area is 100 Å². The second-order valence-corrected chi connectivity index (χ2v) is 4.54. The highest BCUT2D eigenvalue weighted by atomic mass is 32.1. The van der Waals surface area contributed by atoms with Crippen LogP contribution in [0, 0.1) is 5.92 Å². The Bertz CT molecular complexity index is 334. The molecule has 0 aliphatic heterocycles. The lowest BCUT2D eigenvalue weighted by Crippen LogP contribution is -2.21. The molecule has 5 heteroatoms. The van der Waals surface area contributed by atoms with Gasteiger partial charge in [-0.1, -0.05) is 13.8 Å². The first-order valence-corrected chi connectivity index (χ1v) is 6.54. The molecule has 3 N–H and O–H groups in total. The van der Waals surface area contributed by atoms with Crippen LogP contribution in [0.25, 0.3) is 0 Å². The van der Waals surface area contributed by atoms with Crippen molar-refractivity contribution in [1.82, 2.24) is 4.98 Å². The highest BCUT2D eigenvalue weighted by molar-refractivity contribution is 7.13. The van der Waals surface area contributed by atoms with E-state index in [1.54, 1.807) is 0 Å². The van der Waals surface area contributed by atoms with Crippen molar-refractivity contribution in [3.63, 3.8) is 0 Å². The second-order valence-electron chi connectivity index (χ2n) is 3.69. The molecular formula is C11H19N3OS. The van der Waals surface area contributed by atoms with E-state index in [0.29, 0.717) is 11.7 Å². The van der Waals surface area contributed by atoms with Crippen molar-refractivity contribution in [2.24, 2.45) is 11.7 Å². The Morgan fingerprint density at radius 3 is 2.81 bits per heavy atom. The van der Waals surface area contributed by atoms with E-state index in [4.69, 9.17) is 5.73 Å². The SMILES string of the molecule is CCC(CC)C(=O)Nc1nc(CCN)cs1. The second kappa shape index (κ2) is 6.60. The Morgan fingerprint density at radius 2 is 2.25 bits per heavy atom. The smallest absolute Gasteiger partial charge is 0.229 e. The number of carbonyl (C=O) groups is 1. The van der Waals surface area contributed by atoms with Crippen LogP contribution in [0.1, 0.15) is 32.4 Å². The van der Waals surface area contributed by atoms with Crippen molar-refractivity contribution in [2.75, 3.05) is 11.9 Å². The number of hydrogen-bond acceptors (Lipinski definition) is 4. The van der Waals surface area contributed by atoms with Crippen molar-refractivity contribution in [3.8, 4) is 0 Å². The van der Waals surface area contributed by atoms with Gasteiger partial charge in [-0.15, -0.1) is 11.3 Å². The first kappa shape index (κ1) is 13.1. The number of nitrogens with two attached hydrogens (primary N) is 1. The van der Waals surface area contributed by atoms with E-state index in [-0.39, 0.29) is 11.8 Å². The van der Waals surface area contributed by atoms with Crippen LogP contribution in [0.4, 0.5) is 5.13 Å². The zero-order valence-corrected chi connectivity index (χ0v) is 10.6. The molecule has 0 unspecified atom stereocenters. The summed E-state index contributed by atoms with van der Waals surface area (Å²) in [5.74, 6) is 0.153. The summed E-state index contributed by atoms with van der Waals surface area (Å²) in [5, 5.41) is 5.47. The summed E-state index contributed by atoms with van der Waals surface area (Å²) in [5.41, 5.74) is 6.39. The largest absolute Gasteiger partial charge is 0.330 e. The van der Waals surface area contributed by atoms with Gasteiger partial charge < -0.3 is 11.1 Å². The molecule has 1 aromatic rings. The quantitative estimate of drug-likeness (QED) is 0.800. The monoisotopic (exact) mass is 241 g/mol. The zero-order chi connectivity index (χ0) is 12.0. The van der Waals surface area contributed by atoms with Crippen molar-refractivity contribution < 1.29 is 4.79 Å². The molecule has 90 valence electrons. The summed E-state index contributed by atoms with van der Waals surface area (Å²) in [6.07, 6.45) is 2.49. The fourth-order valence-corrected chi connectivity index (χ4v) is 2.24. The third-order valence-electron chi connectivity index (χ3n) is 2.54. The first-order chi connectivity index (χ1) is 7.71. The Balaban J connectivity index is 2.55. The number of nitrogens with zero attached hydrogens (tertiary/aromatic N) is 1. The van der Waals surface area contributed by atoms with Crippen molar-refractivity contribution >= 4 is 22.4 Å². The molecule has 0 saturated heterocycles. The molecule has 0 aromatic carbocycles. The van der Waals surface area contributed by atoms with Gasteiger partial charge in [-0.2, -0.15) is 0 Å². The van der Waals surface area contributed by atoms with Crippen molar-refractivity contribution in [2.45, 2.75) is 33.1 Å². The number of thiazole rings is 1. The van der Waals surface area contributed by atoms with Gasteiger partial charge in [0.15, 0.2) is 5.13 Å². The summed E-state index contributed by atoms with van der Waals surface area (Å²) in [7, 11) is 0. The number of rotatable bonds is 6. The van der Waals surface area contributed by atoms with Gasteiger partial charge in [0.25, 0.3) is 0 Å². The maximum absolute atomic E-state index is 11.8. The highest BCUT2D eigenvalue weighted by Crippen LogP contribution is 2.18. The normalized spacial score (nSPS) is 10.8. The van der Waals surface area contributed by atoms with E-state index in [1.807, 2.05) is 19.2 Å². The minimum atomic E-state index is 0.0682. The Hall–Kier alpha value is -0.940. The summed E-state index contributed by atoms with van der Waals surface area (Å²) in [4.78, 5) is 16.1. The maximum Gasteiger partial charge on any atom is 0.229 e. The Morgan fingerprint density at radius 1 is 1.56 bits per heavy atom. The van der Waals surface area contributed by atoms with Crippen LogP contribution in [0.15, 0.2) is 5.38 Å². The average molecular weight is 241 g/mol. The van der Waals surface area contributed by atoms with Gasteiger partial charge >= 0.3 is 0 Å². The molecule has 0 aliphatic carbocycles. The van der Waals surface area contributed by atoms with Crippen LogP contribution in [0.3, 0.4) is 0 Å². The molecule has 0 spiro atoms. The third-order valence-corrected chi connectivity index (χ3v) is 3.35. The van der Waals surface area contributed by atoms with Crippen molar-refractivity contribution in [1.29, 1.82) is 0 Å². The van der Waals surface area contributed by atoms with E-state index in [0.717, 1.165) is 25.0 Å². The molecule has 16 heavy (non-hydrogen) atoms. The predicted molar refractivity (Wildman–Crippen MR) is 67.6 cm³/mol. The summed E-state index contributed by atoms with van der Waals surface area (Å²) in [6, 6.07) is 0. The number of amides is 1. The molecule has 0 bridgehead atoms. The van der Waals surface area contributed by atoms with Crippen LogP contribution in [-0.4, -0.2) is 17.4 Å². The molecule has 1 rings (SSSR count). The molecule has 0 fully saturated rings. The number of hydrogen-bond donors (Lipinski definition) is 2. The van der Waals surface area contributed by atoms with Crippen LogP contribution in [0.2, 0.25) is 0 Å². The van der Waals surface area contributed by atoms with E-state index in [2.05, 4.69) is 10.3 Å². The van der Waals surface area contributed by atoms with Crippen LogP contribution >= 0.6 is 11.3 Å². The third kappa shape index (κ3) is 3.57. The van der Waals surface area contributed by atoms with Gasteiger partial charge in [0.2, 0.25) is 5.91 Å². The van der Waals surface area contributed by atoms with E-state index >= 15 is 0 Å². The van der Waals surface area contributed by atoms with Crippen LogP contribution in [0.5, 0.6) is 0 Å². The van der Waals surface area contributed by atoms with E-state index in [9.17, 15) is 4.79 Å². The van der Waals surface area contributed by atoms with Gasteiger partial charge in [0.05, 0.1) is 5.69 Å². The molecular weight excluding hydrogens is 222 g/mol. The molecule has 4 nitrogen and oxygen atoms in total. The predicted octanol–water partition coefficient (Wildman–Crippen LogP) is 2.02. The van der Waals surface area contributed by atoms with Crippen molar-refractivity contribution in [3.05, 3.63) is 11.1 Å². The van der Waals surface area contributed by atoms with Gasteiger partial charge in [-0.25, -0.2) is 4.98 Å². The Kier molecular flexibility index (Phi) is 5.42. The lowest BCUT2D eigenvalue weighted by molar-refractivity contribution is -0.120. The standard InChI is InChI=1S/C11H19N3OS/c1-3-8(4-2)10(15)14-11-13-9(5-6-12)7-16-11/h7-8H,3-6,12H2,1-2H3,(H,13,14,15). The van der Waals surface area contributed by atoms with Gasteiger partial charge in [-0.3, -0.25) is 4.79 Å². The minimum absolute atomic E-state index is 0.0682. The highest BCUT2D eigenvalue weighted by Gasteiger charge is 2.15. The fourth-order valence-electron chi connectivity index (χ4n) is 1.49. The van der Waals surface area contributed by atoms with Gasteiger partial charge in [0.1, 0.15) is 0 Å². The first-order valence-electron chi connectivity index (χ1n) is 5.66. The van der Waals surface area contributed by atoms with Gasteiger partial charge in [0, 0.05) is 17.7 Å². The maximum atomic E-state index is 11.8. The lowest BCUT2D eigenvalue weighted by atomic mass is 10.0.